The molecule has 2 unspecified atom stereocenters. The molecule has 0 saturated heterocycles. The molecule has 0 spiro atoms. The summed E-state index contributed by atoms with van der Waals surface area (Å²) in [7, 11) is -4.24. The van der Waals surface area contributed by atoms with Crippen LogP contribution in [-0.2, 0) is 14.8 Å². The first-order valence-corrected chi connectivity index (χ1v) is 9.09. The van der Waals surface area contributed by atoms with E-state index in [0.717, 1.165) is 12.2 Å². The summed E-state index contributed by atoms with van der Waals surface area (Å²) in [6.45, 7) is 0. The average molecular weight is 408 g/mol. The molecule has 0 fully saturated rings. The van der Waals surface area contributed by atoms with E-state index < -0.39 is 52.4 Å². The van der Waals surface area contributed by atoms with Crippen LogP contribution in [0.2, 0.25) is 0 Å². The van der Waals surface area contributed by atoms with Crippen LogP contribution < -0.4 is 10.0 Å². The lowest BCUT2D eigenvalue weighted by atomic mass is 10.0. The summed E-state index contributed by atoms with van der Waals surface area (Å²) in [6, 6.07) is 6.93. The van der Waals surface area contributed by atoms with Crippen molar-refractivity contribution in [2.75, 3.05) is 0 Å². The second-order valence-corrected chi connectivity index (χ2v) is 7.40. The number of nitrogens with one attached hydrogen (secondary N) is 2. The Hall–Kier alpha value is -2.56. The predicted molar refractivity (Wildman–Crippen MR) is 84.6 cm³/mol. The van der Waals surface area contributed by atoms with E-state index in [0.29, 0.717) is 0 Å². The van der Waals surface area contributed by atoms with E-state index >= 15 is 0 Å². The first kappa shape index (κ1) is 19.2. The minimum absolute atomic E-state index is 0.117. The van der Waals surface area contributed by atoms with Gasteiger partial charge in [-0.15, -0.1) is 0 Å². The van der Waals surface area contributed by atoms with E-state index in [2.05, 4.69) is 0 Å². The molecule has 0 saturated carbocycles. The smallest absolute Gasteiger partial charge is 0.445 e. The molecule has 0 bridgehead atoms. The molecular formula is C16H13F5N2O3S. The van der Waals surface area contributed by atoms with E-state index in [-0.39, 0.29) is 10.5 Å². The molecule has 27 heavy (non-hydrogen) atoms. The molecule has 11 heteroatoms. The molecule has 0 radical (unpaired) electrons. The number of halogens is 5. The van der Waals surface area contributed by atoms with Gasteiger partial charge in [-0.25, -0.2) is 17.2 Å². The number of allylic oxidation sites excluding steroid dienone is 4. The normalized spacial score (nSPS) is 23.3. The summed E-state index contributed by atoms with van der Waals surface area (Å²) >= 11 is 0. The predicted octanol–water partition coefficient (Wildman–Crippen LogP) is 3.16. The number of rotatable bonds is 4. The van der Waals surface area contributed by atoms with Gasteiger partial charge in [0.25, 0.3) is 16.3 Å². The Morgan fingerprint density at radius 2 is 1.81 bits per heavy atom. The van der Waals surface area contributed by atoms with E-state index in [1.54, 1.807) is 6.07 Å². The Balaban J connectivity index is 1.97. The van der Waals surface area contributed by atoms with Crippen molar-refractivity contribution in [1.82, 2.24) is 10.0 Å². The topological polar surface area (TPSA) is 67.4 Å². The van der Waals surface area contributed by atoms with Crippen LogP contribution in [0.4, 0.5) is 22.0 Å². The van der Waals surface area contributed by atoms with E-state index in [1.807, 2.05) is 10.0 Å². The Morgan fingerprint density at radius 3 is 2.41 bits per heavy atom. The van der Waals surface area contributed by atoms with Gasteiger partial charge in [0.05, 0.1) is 4.90 Å². The van der Waals surface area contributed by atoms with Crippen LogP contribution >= 0.6 is 0 Å². The van der Waals surface area contributed by atoms with Gasteiger partial charge < -0.3 is 10.1 Å². The third-order valence-corrected chi connectivity index (χ3v) is 5.12. The van der Waals surface area contributed by atoms with Crippen molar-refractivity contribution in [2.45, 2.75) is 29.9 Å². The minimum atomic E-state index is -4.86. The van der Waals surface area contributed by atoms with Gasteiger partial charge in [-0.05, 0) is 18.2 Å². The molecule has 3 rings (SSSR count). The summed E-state index contributed by atoms with van der Waals surface area (Å²) in [5, 5.41) is 1.89. The fourth-order valence-electron chi connectivity index (χ4n) is 2.47. The number of alkyl halides is 4. The number of hydrogen-bond donors (Lipinski definition) is 2. The molecular weight excluding hydrogens is 395 g/mol. The molecule has 1 heterocycles. The molecule has 0 amide bonds. The summed E-state index contributed by atoms with van der Waals surface area (Å²) < 4.78 is 97.4. The van der Waals surface area contributed by atoms with Crippen molar-refractivity contribution in [3.8, 4) is 0 Å². The number of ether oxygens (including phenoxy) is 1. The first-order chi connectivity index (χ1) is 12.6. The first-order valence-electron chi connectivity index (χ1n) is 7.60. The summed E-state index contributed by atoms with van der Waals surface area (Å²) in [5.74, 6) is -2.22. The molecule has 0 aromatic heterocycles. The van der Waals surface area contributed by atoms with Crippen molar-refractivity contribution in [3.05, 3.63) is 65.5 Å². The highest BCUT2D eigenvalue weighted by atomic mass is 32.2. The Kier molecular flexibility index (Phi) is 4.89. The van der Waals surface area contributed by atoms with E-state index in [1.165, 1.54) is 24.3 Å². The van der Waals surface area contributed by atoms with Crippen LogP contribution in [-0.4, -0.2) is 27.0 Å². The maximum Gasteiger partial charge on any atom is 0.445 e. The molecule has 2 aliphatic rings. The second-order valence-electron chi connectivity index (χ2n) is 5.72. The molecule has 2 atom stereocenters. The molecule has 146 valence electrons. The highest BCUT2D eigenvalue weighted by Crippen LogP contribution is 2.35. The lowest BCUT2D eigenvalue weighted by Crippen LogP contribution is -2.42. The number of benzene rings is 1. The zero-order valence-corrected chi connectivity index (χ0v) is 14.2. The van der Waals surface area contributed by atoms with Gasteiger partial charge in [-0.2, -0.15) is 13.2 Å². The molecule has 1 aromatic rings. The van der Waals surface area contributed by atoms with Crippen molar-refractivity contribution in [2.24, 2.45) is 0 Å². The lowest BCUT2D eigenvalue weighted by Gasteiger charge is -2.18. The van der Waals surface area contributed by atoms with Crippen LogP contribution in [0, 0.1) is 0 Å². The van der Waals surface area contributed by atoms with Crippen LogP contribution in [0.1, 0.15) is 6.42 Å². The molecule has 2 N–H and O–H groups in total. The molecule has 1 aromatic carbocycles. The fourth-order valence-corrected chi connectivity index (χ4v) is 3.52. The van der Waals surface area contributed by atoms with Gasteiger partial charge in [-0.1, -0.05) is 24.3 Å². The largest absolute Gasteiger partial charge is 0.457 e. The van der Waals surface area contributed by atoms with Crippen molar-refractivity contribution in [1.29, 1.82) is 0 Å². The average Bonchev–Trinajstić information content (AvgIpc) is 3.01. The Labute approximate surface area is 151 Å². The number of sulfonamides is 1. The molecule has 1 aliphatic carbocycles. The Bertz CT molecular complexity index is 923. The highest BCUT2D eigenvalue weighted by Gasteiger charge is 2.48. The summed E-state index contributed by atoms with van der Waals surface area (Å²) in [6.07, 6.45) is -8.26. The van der Waals surface area contributed by atoms with Gasteiger partial charge in [0, 0.05) is 12.0 Å². The molecule has 1 aliphatic heterocycles. The number of hydrogen-bond acceptors (Lipinski definition) is 4. The monoisotopic (exact) mass is 408 g/mol. The fraction of sp³-hybridized carbons (Fsp3) is 0.250. The van der Waals surface area contributed by atoms with Crippen LogP contribution in [0.5, 0.6) is 0 Å². The van der Waals surface area contributed by atoms with Crippen LogP contribution in [0.25, 0.3) is 0 Å². The maximum atomic E-state index is 13.6. The van der Waals surface area contributed by atoms with Crippen molar-refractivity contribution >= 4 is 10.0 Å². The molecule has 5 nitrogen and oxygen atoms in total. The van der Waals surface area contributed by atoms with E-state index in [4.69, 9.17) is 4.74 Å². The van der Waals surface area contributed by atoms with Gasteiger partial charge in [0.2, 0.25) is 0 Å². The third-order valence-electron chi connectivity index (χ3n) is 3.76. The lowest BCUT2D eigenvalue weighted by molar-refractivity contribution is -0.208. The van der Waals surface area contributed by atoms with Crippen molar-refractivity contribution < 1.29 is 35.1 Å². The van der Waals surface area contributed by atoms with Crippen LogP contribution in [0.3, 0.4) is 0 Å². The highest BCUT2D eigenvalue weighted by molar-refractivity contribution is 7.89. The summed E-state index contributed by atoms with van der Waals surface area (Å²) in [4.78, 5) is -0.193. The zero-order chi connectivity index (χ0) is 19.8. The van der Waals surface area contributed by atoms with Crippen LogP contribution in [0.15, 0.2) is 70.4 Å². The van der Waals surface area contributed by atoms with Crippen molar-refractivity contribution in [3.63, 3.8) is 0 Å². The van der Waals surface area contributed by atoms with Gasteiger partial charge >= 0.3 is 6.18 Å². The van der Waals surface area contributed by atoms with Gasteiger partial charge in [0.1, 0.15) is 5.83 Å². The second kappa shape index (κ2) is 6.87. The Morgan fingerprint density at radius 1 is 1.15 bits per heavy atom. The minimum Gasteiger partial charge on any atom is -0.457 e. The van der Waals surface area contributed by atoms with Gasteiger partial charge in [0.15, 0.2) is 17.8 Å². The SMILES string of the molecule is O=S(=O)(NC1=C(C2=CC=C(F)C(F)C2)OC(C(F)(F)F)N1)c1ccccc1. The standard InChI is InChI=1S/C16H13F5N2O3S/c17-11-7-6-9(8-12(11)18)13-14(22-15(26-13)16(19,20)21)23-27(24,25)10-4-2-1-3-5-10/h1-7,12,15,22-23H,8H2. The zero-order valence-electron chi connectivity index (χ0n) is 13.4. The quantitative estimate of drug-likeness (QED) is 0.752. The summed E-state index contributed by atoms with van der Waals surface area (Å²) in [5.41, 5.74) is -0.117. The third kappa shape index (κ3) is 4.07. The van der Waals surface area contributed by atoms with Gasteiger partial charge in [-0.3, -0.25) is 4.72 Å². The van der Waals surface area contributed by atoms with E-state index in [9.17, 15) is 30.4 Å². The maximum absolute atomic E-state index is 13.6.